The highest BCUT2D eigenvalue weighted by atomic mass is 16.6. The van der Waals surface area contributed by atoms with Crippen molar-refractivity contribution in [2.75, 3.05) is 12.4 Å². The molecular formula is C16H15NO6. The minimum absolute atomic E-state index is 0.240. The number of rotatable bonds is 4. The molecule has 0 atom stereocenters. The lowest BCUT2D eigenvalue weighted by molar-refractivity contribution is -0.155. The molecule has 1 aromatic rings. The molecule has 0 saturated heterocycles. The van der Waals surface area contributed by atoms with Gasteiger partial charge in [-0.05, 0) is 38.1 Å². The second-order valence-electron chi connectivity index (χ2n) is 4.81. The quantitative estimate of drug-likeness (QED) is 0.378. The van der Waals surface area contributed by atoms with Crippen LogP contribution in [0, 0.1) is 0 Å². The van der Waals surface area contributed by atoms with E-state index in [1.54, 1.807) is 24.3 Å². The Balaban J connectivity index is 2.42. The summed E-state index contributed by atoms with van der Waals surface area (Å²) in [5.74, 6) is -2.88. The number of ether oxygens (including phenoxy) is 2. The van der Waals surface area contributed by atoms with Crippen LogP contribution in [-0.2, 0) is 19.1 Å². The molecule has 0 radical (unpaired) electrons. The SMILES string of the molecule is COc1ccc(NC(C)=C2C(=O)OC(=O)C(C(C)=O)=C2O)cc1. The predicted octanol–water partition coefficient (Wildman–Crippen LogP) is 1.87. The Morgan fingerprint density at radius 1 is 1.13 bits per heavy atom. The van der Waals surface area contributed by atoms with Gasteiger partial charge in [0, 0.05) is 11.4 Å². The molecule has 1 heterocycles. The van der Waals surface area contributed by atoms with Crippen LogP contribution in [0.2, 0.25) is 0 Å². The van der Waals surface area contributed by atoms with Crippen LogP contribution >= 0.6 is 0 Å². The first kappa shape index (κ1) is 16.3. The first-order chi connectivity index (χ1) is 10.8. The zero-order valence-electron chi connectivity index (χ0n) is 12.8. The van der Waals surface area contributed by atoms with E-state index in [2.05, 4.69) is 10.1 Å². The Morgan fingerprint density at radius 2 is 1.74 bits per heavy atom. The molecule has 2 N–H and O–H groups in total. The van der Waals surface area contributed by atoms with E-state index in [9.17, 15) is 19.5 Å². The molecule has 7 heteroatoms. The van der Waals surface area contributed by atoms with Gasteiger partial charge in [0.25, 0.3) is 0 Å². The fraction of sp³-hybridized carbons (Fsp3) is 0.188. The number of hydrogen-bond donors (Lipinski definition) is 2. The van der Waals surface area contributed by atoms with Crippen LogP contribution in [0.15, 0.2) is 46.9 Å². The van der Waals surface area contributed by atoms with Gasteiger partial charge >= 0.3 is 11.9 Å². The molecule has 0 amide bonds. The molecule has 0 fully saturated rings. The second kappa shape index (κ2) is 6.35. The zero-order valence-corrected chi connectivity index (χ0v) is 12.8. The molecule has 0 saturated carbocycles. The lowest BCUT2D eigenvalue weighted by Crippen LogP contribution is -2.29. The van der Waals surface area contributed by atoms with Crippen LogP contribution < -0.4 is 10.1 Å². The molecule has 0 bridgehead atoms. The van der Waals surface area contributed by atoms with Crippen LogP contribution in [0.4, 0.5) is 5.69 Å². The van der Waals surface area contributed by atoms with E-state index in [0.717, 1.165) is 6.92 Å². The average molecular weight is 317 g/mol. The van der Waals surface area contributed by atoms with Crippen LogP contribution in [0.3, 0.4) is 0 Å². The van der Waals surface area contributed by atoms with Crippen molar-refractivity contribution < 1.29 is 29.0 Å². The van der Waals surface area contributed by atoms with Gasteiger partial charge in [-0.15, -0.1) is 0 Å². The summed E-state index contributed by atoms with van der Waals surface area (Å²) in [4.78, 5) is 34.8. The summed E-state index contributed by atoms with van der Waals surface area (Å²) in [5, 5.41) is 13.0. The lowest BCUT2D eigenvalue weighted by atomic mass is 10.0. The summed E-state index contributed by atoms with van der Waals surface area (Å²) in [6.45, 7) is 2.62. The van der Waals surface area contributed by atoms with Crippen molar-refractivity contribution in [1.82, 2.24) is 0 Å². The second-order valence-corrected chi connectivity index (χ2v) is 4.81. The maximum absolute atomic E-state index is 11.8. The van der Waals surface area contributed by atoms with Crippen molar-refractivity contribution in [3.63, 3.8) is 0 Å². The number of ketones is 1. The fourth-order valence-electron chi connectivity index (χ4n) is 2.10. The number of anilines is 1. The Labute approximate surface area is 132 Å². The van der Waals surface area contributed by atoms with Gasteiger partial charge in [-0.25, -0.2) is 9.59 Å². The fourth-order valence-corrected chi connectivity index (χ4v) is 2.10. The molecule has 0 aromatic heterocycles. The van der Waals surface area contributed by atoms with E-state index in [1.807, 2.05) is 0 Å². The molecular weight excluding hydrogens is 302 g/mol. The summed E-state index contributed by atoms with van der Waals surface area (Å²) < 4.78 is 9.54. The monoisotopic (exact) mass is 317 g/mol. The summed E-state index contributed by atoms with van der Waals surface area (Å²) >= 11 is 0. The van der Waals surface area contributed by atoms with E-state index in [-0.39, 0.29) is 11.3 Å². The van der Waals surface area contributed by atoms with Crippen molar-refractivity contribution in [1.29, 1.82) is 0 Å². The topological polar surface area (TPSA) is 102 Å². The highest BCUT2D eigenvalue weighted by molar-refractivity contribution is 6.23. The molecule has 1 aromatic carbocycles. The molecule has 1 aliphatic heterocycles. The van der Waals surface area contributed by atoms with Gasteiger partial charge in [0.1, 0.15) is 22.7 Å². The number of cyclic esters (lactones) is 2. The van der Waals surface area contributed by atoms with Gasteiger partial charge in [0.2, 0.25) is 0 Å². The Bertz CT molecular complexity index is 742. The van der Waals surface area contributed by atoms with Gasteiger partial charge < -0.3 is 19.9 Å². The number of nitrogens with one attached hydrogen (secondary N) is 1. The maximum atomic E-state index is 11.8. The minimum atomic E-state index is -1.15. The third kappa shape index (κ3) is 3.23. The van der Waals surface area contributed by atoms with Crippen LogP contribution in [0.5, 0.6) is 5.75 Å². The molecule has 0 spiro atoms. The van der Waals surface area contributed by atoms with Gasteiger partial charge in [-0.2, -0.15) is 0 Å². The van der Waals surface area contributed by atoms with Crippen molar-refractivity contribution in [3.8, 4) is 5.75 Å². The summed E-state index contributed by atoms with van der Waals surface area (Å²) in [7, 11) is 1.54. The highest BCUT2D eigenvalue weighted by Gasteiger charge is 2.36. The Morgan fingerprint density at radius 3 is 2.26 bits per heavy atom. The third-order valence-electron chi connectivity index (χ3n) is 3.22. The average Bonchev–Trinajstić information content (AvgIpc) is 2.46. The first-order valence-electron chi connectivity index (χ1n) is 6.68. The van der Waals surface area contributed by atoms with Crippen LogP contribution in [-0.4, -0.2) is 29.9 Å². The Kier molecular flexibility index (Phi) is 4.49. The third-order valence-corrected chi connectivity index (χ3v) is 3.22. The molecule has 7 nitrogen and oxygen atoms in total. The molecule has 1 aliphatic rings. The number of methoxy groups -OCH3 is 1. The van der Waals surface area contributed by atoms with E-state index in [0.29, 0.717) is 11.4 Å². The van der Waals surface area contributed by atoms with Gasteiger partial charge in [0.15, 0.2) is 5.78 Å². The maximum Gasteiger partial charge on any atom is 0.353 e. The number of carbonyl (C=O) groups excluding carboxylic acids is 3. The summed E-state index contributed by atoms with van der Waals surface area (Å²) in [5.41, 5.74) is 0.0580. The number of Topliss-reactive ketones (excluding diaryl/α,β-unsaturated/α-hetero) is 1. The number of allylic oxidation sites excluding steroid dienone is 1. The van der Waals surface area contributed by atoms with Gasteiger partial charge in [0.05, 0.1) is 7.11 Å². The number of carbonyl (C=O) groups is 3. The molecule has 0 unspecified atom stereocenters. The van der Waals surface area contributed by atoms with Crippen LogP contribution in [0.25, 0.3) is 0 Å². The molecule has 0 aliphatic carbocycles. The minimum Gasteiger partial charge on any atom is -0.506 e. The Hall–Kier alpha value is -3.09. The number of esters is 2. The smallest absolute Gasteiger partial charge is 0.353 e. The lowest BCUT2D eigenvalue weighted by Gasteiger charge is -2.18. The number of aliphatic hydroxyl groups is 1. The number of benzene rings is 1. The molecule has 23 heavy (non-hydrogen) atoms. The van der Waals surface area contributed by atoms with Crippen molar-refractivity contribution in [2.45, 2.75) is 13.8 Å². The van der Waals surface area contributed by atoms with Crippen molar-refractivity contribution in [2.24, 2.45) is 0 Å². The molecule has 120 valence electrons. The van der Waals surface area contributed by atoms with Crippen molar-refractivity contribution >= 4 is 23.4 Å². The zero-order chi connectivity index (χ0) is 17.1. The first-order valence-corrected chi connectivity index (χ1v) is 6.68. The van der Waals surface area contributed by atoms with E-state index >= 15 is 0 Å². The normalized spacial score (nSPS) is 16.8. The van der Waals surface area contributed by atoms with E-state index in [1.165, 1.54) is 14.0 Å². The van der Waals surface area contributed by atoms with E-state index < -0.39 is 29.1 Å². The number of aliphatic hydroxyl groups excluding tert-OH is 1. The standard InChI is InChI=1S/C16H15NO6/c1-8(17-10-4-6-11(22-3)7-5-10)12-14(19)13(9(2)18)16(21)23-15(12)20/h4-7,17,19H,1-3H3. The summed E-state index contributed by atoms with van der Waals surface area (Å²) in [6.07, 6.45) is 0. The largest absolute Gasteiger partial charge is 0.506 e. The number of hydrogen-bond acceptors (Lipinski definition) is 7. The highest BCUT2D eigenvalue weighted by Crippen LogP contribution is 2.26. The van der Waals surface area contributed by atoms with E-state index in [4.69, 9.17) is 4.74 Å². The van der Waals surface area contributed by atoms with Crippen LogP contribution in [0.1, 0.15) is 13.8 Å². The predicted molar refractivity (Wildman–Crippen MR) is 80.8 cm³/mol. The summed E-state index contributed by atoms with van der Waals surface area (Å²) in [6, 6.07) is 6.82. The van der Waals surface area contributed by atoms with Gasteiger partial charge in [-0.3, -0.25) is 4.79 Å². The molecule has 2 rings (SSSR count). The van der Waals surface area contributed by atoms with Crippen molar-refractivity contribution in [3.05, 3.63) is 46.9 Å². The van der Waals surface area contributed by atoms with Gasteiger partial charge in [-0.1, -0.05) is 0 Å².